The Hall–Kier alpha value is -1.42. The van der Waals surface area contributed by atoms with Crippen LogP contribution in [0.3, 0.4) is 0 Å². The Balaban J connectivity index is 2.14. The Labute approximate surface area is 119 Å². The van der Waals surface area contributed by atoms with Gasteiger partial charge in [-0.1, -0.05) is 6.42 Å². The molecule has 2 unspecified atom stereocenters. The molecule has 1 N–H and O–H groups in total. The number of nitriles is 1. The van der Waals surface area contributed by atoms with Crippen LogP contribution in [-0.2, 0) is 10.0 Å². The average Bonchev–Trinajstić information content (AvgIpc) is 2.84. The third-order valence-corrected chi connectivity index (χ3v) is 5.64. The van der Waals surface area contributed by atoms with E-state index in [9.17, 15) is 13.5 Å². The van der Waals surface area contributed by atoms with Crippen molar-refractivity contribution in [1.29, 1.82) is 5.26 Å². The van der Waals surface area contributed by atoms with E-state index in [1.807, 2.05) is 6.07 Å². The Morgan fingerprint density at radius 1 is 1.35 bits per heavy atom. The fraction of sp³-hybridized carbons (Fsp3) is 0.500. The predicted molar refractivity (Wildman–Crippen MR) is 74.3 cm³/mol. The van der Waals surface area contributed by atoms with Gasteiger partial charge in [0.1, 0.15) is 0 Å². The average molecular weight is 294 g/mol. The first-order valence-electron chi connectivity index (χ1n) is 6.59. The van der Waals surface area contributed by atoms with Crippen LogP contribution in [0.1, 0.15) is 24.8 Å². The minimum absolute atomic E-state index is 0.00755. The molecule has 2 atom stereocenters. The second-order valence-electron chi connectivity index (χ2n) is 5.18. The van der Waals surface area contributed by atoms with Crippen molar-refractivity contribution in [3.05, 3.63) is 29.8 Å². The third-order valence-electron chi connectivity index (χ3n) is 3.80. The van der Waals surface area contributed by atoms with Crippen LogP contribution in [0.15, 0.2) is 29.2 Å². The van der Waals surface area contributed by atoms with Gasteiger partial charge in [0.05, 0.1) is 22.6 Å². The molecule has 1 aliphatic carbocycles. The number of rotatable bonds is 4. The summed E-state index contributed by atoms with van der Waals surface area (Å²) >= 11 is 0. The van der Waals surface area contributed by atoms with Gasteiger partial charge in [0.15, 0.2) is 0 Å². The van der Waals surface area contributed by atoms with Crippen LogP contribution in [0.4, 0.5) is 0 Å². The molecule has 1 fully saturated rings. The van der Waals surface area contributed by atoms with Crippen LogP contribution in [-0.4, -0.2) is 37.5 Å². The molecule has 1 aliphatic rings. The molecule has 0 heterocycles. The summed E-state index contributed by atoms with van der Waals surface area (Å²) in [6.07, 6.45) is 2.13. The minimum Gasteiger partial charge on any atom is -0.393 e. The zero-order valence-electron chi connectivity index (χ0n) is 11.4. The van der Waals surface area contributed by atoms with E-state index in [2.05, 4.69) is 0 Å². The number of benzene rings is 1. The number of aliphatic hydroxyl groups is 1. The van der Waals surface area contributed by atoms with E-state index in [0.29, 0.717) is 12.1 Å². The van der Waals surface area contributed by atoms with Crippen LogP contribution in [0, 0.1) is 17.2 Å². The van der Waals surface area contributed by atoms with Crippen molar-refractivity contribution in [2.45, 2.75) is 30.3 Å². The van der Waals surface area contributed by atoms with Gasteiger partial charge in [0, 0.05) is 13.6 Å². The van der Waals surface area contributed by atoms with Gasteiger partial charge in [-0.15, -0.1) is 0 Å². The summed E-state index contributed by atoms with van der Waals surface area (Å²) in [5.74, 6) is 0.00755. The normalized spacial score (nSPS) is 22.9. The highest BCUT2D eigenvalue weighted by atomic mass is 32.2. The summed E-state index contributed by atoms with van der Waals surface area (Å²) in [5.41, 5.74) is 0.429. The number of sulfonamides is 1. The van der Waals surface area contributed by atoms with Gasteiger partial charge < -0.3 is 5.11 Å². The molecule has 108 valence electrons. The lowest BCUT2D eigenvalue weighted by Gasteiger charge is -2.22. The monoisotopic (exact) mass is 294 g/mol. The molecular weight excluding hydrogens is 276 g/mol. The zero-order chi connectivity index (χ0) is 14.8. The van der Waals surface area contributed by atoms with E-state index in [4.69, 9.17) is 5.26 Å². The van der Waals surface area contributed by atoms with Crippen molar-refractivity contribution in [2.24, 2.45) is 5.92 Å². The maximum atomic E-state index is 12.4. The van der Waals surface area contributed by atoms with Crippen LogP contribution >= 0.6 is 0 Å². The summed E-state index contributed by atoms with van der Waals surface area (Å²) < 4.78 is 26.1. The van der Waals surface area contributed by atoms with E-state index in [1.54, 1.807) is 0 Å². The number of aliphatic hydroxyl groups excluding tert-OH is 1. The van der Waals surface area contributed by atoms with Crippen LogP contribution in [0.5, 0.6) is 0 Å². The number of hydrogen-bond acceptors (Lipinski definition) is 4. The predicted octanol–water partition coefficient (Wildman–Crippen LogP) is 1.34. The van der Waals surface area contributed by atoms with E-state index < -0.39 is 16.1 Å². The highest BCUT2D eigenvalue weighted by Gasteiger charge is 2.30. The van der Waals surface area contributed by atoms with E-state index >= 15 is 0 Å². The molecular formula is C14H18N2O3S. The van der Waals surface area contributed by atoms with Crippen molar-refractivity contribution in [1.82, 2.24) is 4.31 Å². The maximum absolute atomic E-state index is 12.4. The Morgan fingerprint density at radius 2 is 2.00 bits per heavy atom. The molecule has 0 radical (unpaired) electrons. The molecule has 6 heteroatoms. The lowest BCUT2D eigenvalue weighted by atomic mass is 10.1. The molecule has 0 bridgehead atoms. The molecule has 0 aliphatic heterocycles. The Kier molecular flexibility index (Phi) is 4.43. The van der Waals surface area contributed by atoms with E-state index in [1.165, 1.54) is 35.6 Å². The number of nitrogens with zero attached hydrogens (tertiary/aromatic N) is 2. The summed E-state index contributed by atoms with van der Waals surface area (Å²) in [5, 5.41) is 18.5. The topological polar surface area (TPSA) is 81.4 Å². The Morgan fingerprint density at radius 3 is 2.50 bits per heavy atom. The summed E-state index contributed by atoms with van der Waals surface area (Å²) in [6, 6.07) is 7.82. The smallest absolute Gasteiger partial charge is 0.242 e. The van der Waals surface area contributed by atoms with Crippen LogP contribution in [0.2, 0.25) is 0 Å². The Bertz CT molecular complexity index is 604. The maximum Gasteiger partial charge on any atom is 0.242 e. The molecule has 1 aromatic carbocycles. The van der Waals surface area contributed by atoms with E-state index in [-0.39, 0.29) is 10.8 Å². The van der Waals surface area contributed by atoms with Gasteiger partial charge in [-0.05, 0) is 43.0 Å². The standard InChI is InChI=1S/C14H18N2O3S/c1-16(10-12-3-2-4-14(12)17)20(18,19)13-7-5-11(9-15)6-8-13/h5-8,12,14,17H,2-4,10H2,1H3. The van der Waals surface area contributed by atoms with Crippen LogP contribution in [0.25, 0.3) is 0 Å². The summed E-state index contributed by atoms with van der Waals surface area (Å²) in [7, 11) is -2.04. The second-order valence-corrected chi connectivity index (χ2v) is 7.22. The molecule has 2 rings (SSSR count). The zero-order valence-corrected chi connectivity index (χ0v) is 12.2. The first kappa shape index (κ1) is 15.0. The fourth-order valence-corrected chi connectivity index (χ4v) is 3.77. The number of hydrogen-bond donors (Lipinski definition) is 1. The molecule has 0 saturated heterocycles. The van der Waals surface area contributed by atoms with Crippen molar-refractivity contribution in [2.75, 3.05) is 13.6 Å². The molecule has 0 aromatic heterocycles. The second kappa shape index (κ2) is 5.92. The highest BCUT2D eigenvalue weighted by Crippen LogP contribution is 2.27. The van der Waals surface area contributed by atoms with Gasteiger partial charge in [0.25, 0.3) is 0 Å². The molecule has 1 saturated carbocycles. The van der Waals surface area contributed by atoms with Crippen molar-refractivity contribution >= 4 is 10.0 Å². The summed E-state index contributed by atoms with van der Waals surface area (Å²) in [4.78, 5) is 0.173. The highest BCUT2D eigenvalue weighted by molar-refractivity contribution is 7.89. The SMILES string of the molecule is CN(CC1CCCC1O)S(=O)(=O)c1ccc(C#N)cc1. The van der Waals surface area contributed by atoms with Gasteiger partial charge >= 0.3 is 0 Å². The molecule has 5 nitrogen and oxygen atoms in total. The van der Waals surface area contributed by atoms with Crippen molar-refractivity contribution in [3.8, 4) is 6.07 Å². The van der Waals surface area contributed by atoms with Gasteiger partial charge in [-0.3, -0.25) is 0 Å². The van der Waals surface area contributed by atoms with Gasteiger partial charge in [0.2, 0.25) is 10.0 Å². The lowest BCUT2D eigenvalue weighted by Crippen LogP contribution is -2.34. The molecule has 1 aromatic rings. The van der Waals surface area contributed by atoms with Crippen molar-refractivity contribution < 1.29 is 13.5 Å². The minimum atomic E-state index is -3.56. The lowest BCUT2D eigenvalue weighted by molar-refractivity contribution is 0.123. The van der Waals surface area contributed by atoms with Crippen molar-refractivity contribution in [3.63, 3.8) is 0 Å². The van der Waals surface area contributed by atoms with Crippen LogP contribution < -0.4 is 0 Å². The van der Waals surface area contributed by atoms with E-state index in [0.717, 1.165) is 19.3 Å². The van der Waals surface area contributed by atoms with Gasteiger partial charge in [-0.2, -0.15) is 5.26 Å². The quantitative estimate of drug-likeness (QED) is 0.908. The fourth-order valence-electron chi connectivity index (χ4n) is 2.54. The first-order chi connectivity index (χ1) is 9.45. The largest absolute Gasteiger partial charge is 0.393 e. The van der Waals surface area contributed by atoms with Gasteiger partial charge in [-0.25, -0.2) is 12.7 Å². The summed E-state index contributed by atoms with van der Waals surface area (Å²) in [6.45, 7) is 0.323. The first-order valence-corrected chi connectivity index (χ1v) is 8.03. The molecule has 0 amide bonds. The molecule has 0 spiro atoms. The third kappa shape index (κ3) is 3.01. The molecule has 20 heavy (non-hydrogen) atoms.